The Morgan fingerprint density at radius 3 is 2.60 bits per heavy atom. The van der Waals surface area contributed by atoms with Crippen LogP contribution in [-0.2, 0) is 0 Å². The number of aryl methyl sites for hydroxylation is 2. The van der Waals surface area contributed by atoms with Crippen LogP contribution in [0.25, 0.3) is 0 Å². The number of amides is 3. The van der Waals surface area contributed by atoms with Crippen molar-refractivity contribution >= 4 is 34.1 Å². The molecule has 0 radical (unpaired) electrons. The average Bonchev–Trinajstić information content (AvgIpc) is 2.95. The van der Waals surface area contributed by atoms with E-state index in [1.54, 1.807) is 6.92 Å². The molecule has 0 atom stereocenters. The Bertz CT molecular complexity index is 781. The summed E-state index contributed by atoms with van der Waals surface area (Å²) in [4.78, 5) is 31.6. The van der Waals surface area contributed by atoms with Crippen molar-refractivity contribution < 1.29 is 9.59 Å². The number of benzene rings is 1. The van der Waals surface area contributed by atoms with Gasteiger partial charge in [0.05, 0.1) is 5.69 Å². The maximum atomic E-state index is 12.6. The SMILES string of the molecule is Cc1cccc(NC(=O)Nc2nc(C)c(C(=O)N3CCCCC3)s2)c1. The minimum Gasteiger partial charge on any atom is -0.338 e. The Hall–Kier alpha value is -2.41. The van der Waals surface area contributed by atoms with Crippen molar-refractivity contribution in [1.82, 2.24) is 9.88 Å². The largest absolute Gasteiger partial charge is 0.338 e. The van der Waals surface area contributed by atoms with Gasteiger partial charge in [0.2, 0.25) is 0 Å². The highest BCUT2D eigenvalue weighted by atomic mass is 32.1. The summed E-state index contributed by atoms with van der Waals surface area (Å²) < 4.78 is 0. The summed E-state index contributed by atoms with van der Waals surface area (Å²) in [6.45, 7) is 5.36. The Balaban J connectivity index is 1.65. The molecule has 0 unspecified atom stereocenters. The van der Waals surface area contributed by atoms with Crippen LogP contribution in [0.2, 0.25) is 0 Å². The number of hydrogen-bond acceptors (Lipinski definition) is 4. The van der Waals surface area contributed by atoms with Gasteiger partial charge >= 0.3 is 6.03 Å². The zero-order valence-electron chi connectivity index (χ0n) is 14.5. The van der Waals surface area contributed by atoms with Crippen LogP contribution < -0.4 is 10.6 Å². The molecule has 1 aliphatic heterocycles. The highest BCUT2D eigenvalue weighted by Crippen LogP contribution is 2.25. The Kier molecular flexibility index (Phi) is 5.33. The number of nitrogens with one attached hydrogen (secondary N) is 2. The van der Waals surface area contributed by atoms with Crippen molar-refractivity contribution in [2.75, 3.05) is 23.7 Å². The van der Waals surface area contributed by atoms with Gasteiger partial charge in [-0.25, -0.2) is 9.78 Å². The number of nitrogens with zero attached hydrogens (tertiary/aromatic N) is 2. The molecule has 0 saturated carbocycles. The van der Waals surface area contributed by atoms with Gasteiger partial charge in [-0.3, -0.25) is 10.1 Å². The quantitative estimate of drug-likeness (QED) is 0.870. The first-order valence-electron chi connectivity index (χ1n) is 8.44. The minimum atomic E-state index is -0.365. The number of carbonyl (C=O) groups is 2. The van der Waals surface area contributed by atoms with Crippen LogP contribution in [0.4, 0.5) is 15.6 Å². The number of likely N-dealkylation sites (tertiary alicyclic amines) is 1. The van der Waals surface area contributed by atoms with Gasteiger partial charge in [0.1, 0.15) is 4.88 Å². The number of piperidine rings is 1. The van der Waals surface area contributed by atoms with Crippen LogP contribution >= 0.6 is 11.3 Å². The Labute approximate surface area is 151 Å². The van der Waals surface area contributed by atoms with Gasteiger partial charge in [0.25, 0.3) is 5.91 Å². The molecule has 1 aromatic carbocycles. The normalized spacial score (nSPS) is 14.2. The van der Waals surface area contributed by atoms with Gasteiger partial charge in [-0.2, -0.15) is 0 Å². The van der Waals surface area contributed by atoms with E-state index in [-0.39, 0.29) is 11.9 Å². The van der Waals surface area contributed by atoms with Crippen molar-refractivity contribution in [2.45, 2.75) is 33.1 Å². The molecule has 132 valence electrons. The highest BCUT2D eigenvalue weighted by molar-refractivity contribution is 7.17. The number of carbonyl (C=O) groups excluding carboxylic acids is 2. The molecular weight excluding hydrogens is 336 g/mol. The van der Waals surface area contributed by atoms with Gasteiger partial charge in [-0.1, -0.05) is 23.5 Å². The molecule has 2 aromatic rings. The highest BCUT2D eigenvalue weighted by Gasteiger charge is 2.23. The van der Waals surface area contributed by atoms with Gasteiger partial charge in [-0.05, 0) is 50.8 Å². The lowest BCUT2D eigenvalue weighted by molar-refractivity contribution is 0.0728. The molecule has 1 aromatic heterocycles. The van der Waals surface area contributed by atoms with E-state index in [0.717, 1.165) is 37.2 Å². The summed E-state index contributed by atoms with van der Waals surface area (Å²) in [7, 11) is 0. The van der Waals surface area contributed by atoms with Crippen LogP contribution in [0, 0.1) is 13.8 Å². The van der Waals surface area contributed by atoms with Crippen LogP contribution in [0.1, 0.15) is 40.2 Å². The van der Waals surface area contributed by atoms with E-state index in [9.17, 15) is 9.59 Å². The van der Waals surface area contributed by atoms with E-state index in [2.05, 4.69) is 15.6 Å². The van der Waals surface area contributed by atoms with E-state index in [1.807, 2.05) is 36.1 Å². The molecule has 1 saturated heterocycles. The van der Waals surface area contributed by atoms with Gasteiger partial charge < -0.3 is 10.2 Å². The average molecular weight is 358 g/mol. The second-order valence-electron chi connectivity index (χ2n) is 6.24. The molecule has 3 amide bonds. The standard InChI is InChI=1S/C18H22N4O2S/c1-12-7-6-8-14(11-12)20-17(24)21-18-19-13(2)15(25-18)16(23)22-9-4-3-5-10-22/h6-8,11H,3-5,9-10H2,1-2H3,(H2,19,20,21,24). The van der Waals surface area contributed by atoms with Crippen molar-refractivity contribution in [3.05, 3.63) is 40.4 Å². The third-order valence-corrected chi connectivity index (χ3v) is 5.19. The summed E-state index contributed by atoms with van der Waals surface area (Å²) in [5.41, 5.74) is 2.44. The van der Waals surface area contributed by atoms with Crippen molar-refractivity contribution in [2.24, 2.45) is 0 Å². The third-order valence-electron chi connectivity index (χ3n) is 4.13. The summed E-state index contributed by atoms with van der Waals surface area (Å²) in [6, 6.07) is 7.19. The van der Waals surface area contributed by atoms with Crippen molar-refractivity contribution in [1.29, 1.82) is 0 Å². The fraction of sp³-hybridized carbons (Fsp3) is 0.389. The van der Waals surface area contributed by atoms with Gasteiger partial charge in [0, 0.05) is 18.8 Å². The van der Waals surface area contributed by atoms with E-state index in [1.165, 1.54) is 17.8 Å². The summed E-state index contributed by atoms with van der Waals surface area (Å²) >= 11 is 1.23. The second-order valence-corrected chi connectivity index (χ2v) is 7.23. The number of urea groups is 1. The molecule has 0 bridgehead atoms. The molecule has 1 fully saturated rings. The number of aromatic nitrogens is 1. The first-order valence-corrected chi connectivity index (χ1v) is 9.26. The monoisotopic (exact) mass is 358 g/mol. The summed E-state index contributed by atoms with van der Waals surface area (Å²) in [5.74, 6) is 0.0156. The molecule has 1 aliphatic rings. The molecule has 2 heterocycles. The minimum absolute atomic E-state index is 0.0156. The number of thiazole rings is 1. The summed E-state index contributed by atoms with van der Waals surface area (Å²) in [5, 5.41) is 5.92. The van der Waals surface area contributed by atoms with Gasteiger partial charge in [-0.15, -0.1) is 0 Å². The lowest BCUT2D eigenvalue weighted by Gasteiger charge is -2.26. The van der Waals surface area contributed by atoms with Crippen LogP contribution in [0.15, 0.2) is 24.3 Å². The number of anilines is 2. The van der Waals surface area contributed by atoms with Crippen molar-refractivity contribution in [3.63, 3.8) is 0 Å². The zero-order valence-corrected chi connectivity index (χ0v) is 15.3. The maximum absolute atomic E-state index is 12.6. The molecule has 0 spiro atoms. The predicted octanol–water partition coefficient (Wildman–Crippen LogP) is 4.03. The fourth-order valence-electron chi connectivity index (χ4n) is 2.87. The Morgan fingerprint density at radius 2 is 1.88 bits per heavy atom. The van der Waals surface area contributed by atoms with Crippen LogP contribution in [0.5, 0.6) is 0 Å². The van der Waals surface area contributed by atoms with Crippen LogP contribution in [-0.4, -0.2) is 34.9 Å². The summed E-state index contributed by atoms with van der Waals surface area (Å²) in [6.07, 6.45) is 3.28. The molecule has 3 rings (SSSR count). The zero-order chi connectivity index (χ0) is 17.8. The Morgan fingerprint density at radius 1 is 1.12 bits per heavy atom. The van der Waals surface area contributed by atoms with E-state index >= 15 is 0 Å². The first kappa shape index (κ1) is 17.4. The number of rotatable bonds is 3. The van der Waals surface area contributed by atoms with Crippen LogP contribution in [0.3, 0.4) is 0 Å². The number of hydrogen-bond donors (Lipinski definition) is 2. The topological polar surface area (TPSA) is 74.3 Å². The lowest BCUT2D eigenvalue weighted by atomic mass is 10.1. The molecule has 7 heteroatoms. The smallest absolute Gasteiger partial charge is 0.325 e. The first-order chi connectivity index (χ1) is 12.0. The third kappa shape index (κ3) is 4.36. The van der Waals surface area contributed by atoms with Crippen molar-refractivity contribution in [3.8, 4) is 0 Å². The lowest BCUT2D eigenvalue weighted by Crippen LogP contribution is -2.35. The van der Waals surface area contributed by atoms with E-state index in [4.69, 9.17) is 0 Å². The second kappa shape index (κ2) is 7.65. The maximum Gasteiger partial charge on any atom is 0.325 e. The van der Waals surface area contributed by atoms with Gasteiger partial charge in [0.15, 0.2) is 5.13 Å². The molecule has 0 aliphatic carbocycles. The van der Waals surface area contributed by atoms with E-state index < -0.39 is 0 Å². The molecule has 2 N–H and O–H groups in total. The molecular formula is C18H22N4O2S. The molecule has 6 nitrogen and oxygen atoms in total. The predicted molar refractivity (Wildman–Crippen MR) is 100 cm³/mol. The fourth-order valence-corrected chi connectivity index (χ4v) is 3.80. The molecule has 25 heavy (non-hydrogen) atoms. The van der Waals surface area contributed by atoms with E-state index in [0.29, 0.717) is 15.7 Å².